The second-order valence-electron chi connectivity index (χ2n) is 7.62. The molecule has 5 rings (SSSR count). The number of alkyl halides is 3. The molecule has 1 aliphatic carbocycles. The highest BCUT2D eigenvalue weighted by molar-refractivity contribution is 6.02. The normalized spacial score (nSPS) is 19.5. The lowest BCUT2D eigenvalue weighted by atomic mass is 9.94. The molecule has 2 N–H and O–H groups in total. The number of hydrogen-bond donors (Lipinski definition) is 1. The molecule has 1 unspecified atom stereocenters. The van der Waals surface area contributed by atoms with Crippen molar-refractivity contribution in [3.63, 3.8) is 0 Å². The summed E-state index contributed by atoms with van der Waals surface area (Å²) in [4.78, 5) is 18.6. The Morgan fingerprint density at radius 2 is 1.79 bits per heavy atom. The highest BCUT2D eigenvalue weighted by Gasteiger charge is 2.42. The van der Waals surface area contributed by atoms with Gasteiger partial charge in [0, 0.05) is 34.8 Å². The van der Waals surface area contributed by atoms with Crippen molar-refractivity contribution in [2.45, 2.75) is 37.6 Å². The number of aromatic nitrogens is 1. The fourth-order valence-electron chi connectivity index (χ4n) is 4.36. The van der Waals surface area contributed by atoms with E-state index >= 15 is 0 Å². The van der Waals surface area contributed by atoms with Gasteiger partial charge in [0.15, 0.2) is 0 Å². The number of nitrogen functional groups attached to an aromatic ring is 1. The lowest BCUT2D eigenvalue weighted by Crippen LogP contribution is -2.25. The molecule has 1 aliphatic heterocycles. The van der Waals surface area contributed by atoms with Gasteiger partial charge in [-0.15, -0.1) is 0 Å². The molecular weight excluding hydrogens is 379 g/mol. The minimum Gasteiger partial charge on any atom is -0.398 e. The van der Waals surface area contributed by atoms with Crippen molar-refractivity contribution in [3.05, 3.63) is 59.3 Å². The minimum atomic E-state index is -4.48. The molecule has 1 saturated carbocycles. The SMILES string of the molecule is Nc1c2c(nc3c(-c4ccccc4C(F)(F)F)cccc13)CN(C1CC1)C2C=O. The molecule has 2 aromatic carbocycles. The monoisotopic (exact) mass is 397 g/mol. The highest BCUT2D eigenvalue weighted by atomic mass is 19.4. The van der Waals surface area contributed by atoms with Gasteiger partial charge < -0.3 is 10.5 Å². The first-order valence-corrected chi connectivity index (χ1v) is 9.48. The summed E-state index contributed by atoms with van der Waals surface area (Å²) in [7, 11) is 0. The molecule has 1 fully saturated rings. The van der Waals surface area contributed by atoms with Crippen molar-refractivity contribution in [1.29, 1.82) is 0 Å². The van der Waals surface area contributed by atoms with Gasteiger partial charge in [0.1, 0.15) is 6.29 Å². The summed E-state index contributed by atoms with van der Waals surface area (Å²) in [5, 5.41) is 0.572. The van der Waals surface area contributed by atoms with E-state index in [0.717, 1.165) is 25.2 Å². The summed E-state index contributed by atoms with van der Waals surface area (Å²) in [5.41, 5.74) is 8.42. The molecule has 0 saturated heterocycles. The number of pyridine rings is 1. The lowest BCUT2D eigenvalue weighted by molar-refractivity contribution is -0.137. The summed E-state index contributed by atoms with van der Waals surface area (Å²) in [6.07, 6.45) is -1.53. The molecule has 0 radical (unpaired) electrons. The average Bonchev–Trinajstić information content (AvgIpc) is 3.48. The summed E-state index contributed by atoms with van der Waals surface area (Å²) in [6, 6.07) is 10.4. The third kappa shape index (κ3) is 2.80. The van der Waals surface area contributed by atoms with Gasteiger partial charge in [-0.25, -0.2) is 0 Å². The average molecular weight is 397 g/mol. The standard InChI is InChI=1S/C22H18F3N3O/c23-22(24,25)16-7-2-1-4-13(16)14-5-3-6-15-20(26)19-17(27-21(14)15)10-28(12-8-9-12)18(19)11-29/h1-7,11-12,18H,8-10H2,(H2,26,27). The Morgan fingerprint density at radius 1 is 1.07 bits per heavy atom. The smallest absolute Gasteiger partial charge is 0.398 e. The number of fused-ring (bicyclic) bond motifs is 2. The number of halogens is 3. The summed E-state index contributed by atoms with van der Waals surface area (Å²) >= 11 is 0. The Kier molecular flexibility index (Phi) is 3.93. The van der Waals surface area contributed by atoms with Crippen LogP contribution in [0.25, 0.3) is 22.0 Å². The van der Waals surface area contributed by atoms with Crippen LogP contribution in [0.5, 0.6) is 0 Å². The fourth-order valence-corrected chi connectivity index (χ4v) is 4.36. The Hall–Kier alpha value is -2.93. The van der Waals surface area contributed by atoms with Crippen molar-refractivity contribution in [2.75, 3.05) is 5.73 Å². The van der Waals surface area contributed by atoms with Crippen molar-refractivity contribution < 1.29 is 18.0 Å². The number of anilines is 1. The highest BCUT2D eigenvalue weighted by Crippen LogP contribution is 2.46. The summed E-state index contributed by atoms with van der Waals surface area (Å²) in [6.45, 7) is 0.485. The van der Waals surface area contributed by atoms with Crippen LogP contribution in [0.1, 0.15) is 35.7 Å². The molecule has 0 bridgehead atoms. The number of carbonyl (C=O) groups is 1. The van der Waals surface area contributed by atoms with E-state index in [1.165, 1.54) is 12.1 Å². The maximum absolute atomic E-state index is 13.6. The Morgan fingerprint density at radius 3 is 2.48 bits per heavy atom. The molecule has 2 heterocycles. The first kappa shape index (κ1) is 18.1. The van der Waals surface area contributed by atoms with E-state index < -0.39 is 17.8 Å². The van der Waals surface area contributed by atoms with E-state index in [2.05, 4.69) is 4.90 Å². The van der Waals surface area contributed by atoms with Crippen LogP contribution in [0.4, 0.5) is 18.9 Å². The third-order valence-corrected chi connectivity index (χ3v) is 5.83. The van der Waals surface area contributed by atoms with E-state index in [1.54, 1.807) is 24.3 Å². The predicted molar refractivity (Wildman–Crippen MR) is 104 cm³/mol. The van der Waals surface area contributed by atoms with Crippen LogP contribution < -0.4 is 5.73 Å². The molecule has 148 valence electrons. The summed E-state index contributed by atoms with van der Waals surface area (Å²) in [5.74, 6) is 0. The Bertz CT molecular complexity index is 1140. The number of benzene rings is 2. The molecule has 4 nitrogen and oxygen atoms in total. The van der Waals surface area contributed by atoms with E-state index in [-0.39, 0.29) is 5.56 Å². The molecule has 0 amide bonds. The van der Waals surface area contributed by atoms with Crippen molar-refractivity contribution in [2.24, 2.45) is 0 Å². The van der Waals surface area contributed by atoms with Crippen molar-refractivity contribution >= 4 is 22.9 Å². The number of hydrogen-bond acceptors (Lipinski definition) is 4. The van der Waals surface area contributed by atoms with Crippen molar-refractivity contribution in [3.8, 4) is 11.1 Å². The second kappa shape index (κ2) is 6.29. The fraction of sp³-hybridized carbons (Fsp3) is 0.273. The van der Waals surface area contributed by atoms with Gasteiger partial charge in [0.05, 0.1) is 22.8 Å². The molecule has 7 heteroatoms. The van der Waals surface area contributed by atoms with Gasteiger partial charge in [-0.3, -0.25) is 9.88 Å². The molecule has 0 spiro atoms. The van der Waals surface area contributed by atoms with Crippen LogP contribution in [0, 0.1) is 0 Å². The van der Waals surface area contributed by atoms with Crippen LogP contribution in [0.3, 0.4) is 0 Å². The zero-order chi connectivity index (χ0) is 20.3. The van der Waals surface area contributed by atoms with Gasteiger partial charge in [0.2, 0.25) is 0 Å². The number of aldehydes is 1. The molecule has 29 heavy (non-hydrogen) atoms. The molecule has 3 aromatic rings. The van der Waals surface area contributed by atoms with Gasteiger partial charge in [-0.1, -0.05) is 36.4 Å². The number of carbonyl (C=O) groups excluding carboxylic acids is 1. The van der Waals surface area contributed by atoms with Crippen LogP contribution in [0.2, 0.25) is 0 Å². The quantitative estimate of drug-likeness (QED) is 0.650. The van der Waals surface area contributed by atoms with E-state index in [4.69, 9.17) is 10.7 Å². The summed E-state index contributed by atoms with van der Waals surface area (Å²) < 4.78 is 40.8. The van der Waals surface area contributed by atoms with Crippen LogP contribution >= 0.6 is 0 Å². The number of para-hydroxylation sites is 1. The van der Waals surface area contributed by atoms with Crippen LogP contribution in [0.15, 0.2) is 42.5 Å². The van der Waals surface area contributed by atoms with E-state index in [9.17, 15) is 18.0 Å². The van der Waals surface area contributed by atoms with Crippen LogP contribution in [-0.4, -0.2) is 22.2 Å². The topological polar surface area (TPSA) is 59.2 Å². The largest absolute Gasteiger partial charge is 0.417 e. The van der Waals surface area contributed by atoms with Gasteiger partial charge in [-0.05, 0) is 24.5 Å². The Labute approximate surface area is 165 Å². The number of nitrogens with two attached hydrogens (primary N) is 1. The van der Waals surface area contributed by atoms with Crippen LogP contribution in [-0.2, 0) is 17.5 Å². The molecule has 1 aromatic heterocycles. The van der Waals surface area contributed by atoms with E-state index in [1.807, 2.05) is 0 Å². The maximum Gasteiger partial charge on any atom is 0.417 e. The zero-order valence-electron chi connectivity index (χ0n) is 15.4. The Balaban J connectivity index is 1.75. The first-order chi connectivity index (χ1) is 13.9. The van der Waals surface area contributed by atoms with E-state index in [0.29, 0.717) is 46.0 Å². The van der Waals surface area contributed by atoms with Crippen molar-refractivity contribution in [1.82, 2.24) is 9.88 Å². The maximum atomic E-state index is 13.6. The number of nitrogens with zero attached hydrogens (tertiary/aromatic N) is 2. The molecular formula is C22H18F3N3O. The molecule has 2 aliphatic rings. The lowest BCUT2D eigenvalue weighted by Gasteiger charge is -2.20. The third-order valence-electron chi connectivity index (χ3n) is 5.83. The van der Waals surface area contributed by atoms with Gasteiger partial charge in [-0.2, -0.15) is 13.2 Å². The zero-order valence-corrected chi connectivity index (χ0v) is 15.4. The van der Waals surface area contributed by atoms with Gasteiger partial charge >= 0.3 is 6.18 Å². The number of rotatable bonds is 3. The second-order valence-corrected chi connectivity index (χ2v) is 7.62. The van der Waals surface area contributed by atoms with Gasteiger partial charge in [0.25, 0.3) is 0 Å². The minimum absolute atomic E-state index is 0.0708. The molecule has 1 atom stereocenters. The predicted octanol–water partition coefficient (Wildman–Crippen LogP) is 4.72. The first-order valence-electron chi connectivity index (χ1n) is 9.48.